The predicted molar refractivity (Wildman–Crippen MR) is 88.6 cm³/mol. The highest BCUT2D eigenvalue weighted by atomic mass is 32.2. The third kappa shape index (κ3) is 3.28. The van der Waals surface area contributed by atoms with E-state index in [1.807, 2.05) is 49.6 Å². The summed E-state index contributed by atoms with van der Waals surface area (Å²) in [6.07, 6.45) is 0. The number of nitrogens with zero attached hydrogens (tertiary/aromatic N) is 2. The molecule has 0 atom stereocenters. The predicted octanol–water partition coefficient (Wildman–Crippen LogP) is 4.39. The van der Waals surface area contributed by atoms with Gasteiger partial charge in [0.2, 0.25) is 0 Å². The summed E-state index contributed by atoms with van der Waals surface area (Å²) in [6.45, 7) is 3.92. The molecule has 22 heavy (non-hydrogen) atoms. The number of aryl methyl sites for hydroxylation is 2. The van der Waals surface area contributed by atoms with Crippen molar-refractivity contribution < 1.29 is 9.21 Å². The number of carbonyl (C=O) groups excluding carboxylic acids is 1. The second-order valence-electron chi connectivity index (χ2n) is 4.88. The summed E-state index contributed by atoms with van der Waals surface area (Å²) in [5.74, 6) is 0.856. The Morgan fingerprint density at radius 2 is 2.14 bits per heavy atom. The summed E-state index contributed by atoms with van der Waals surface area (Å²) in [7, 11) is 0. The Labute approximate surface area is 136 Å². The zero-order chi connectivity index (χ0) is 15.5. The first-order valence-electron chi connectivity index (χ1n) is 6.74. The molecule has 0 N–H and O–H groups in total. The fourth-order valence-corrected chi connectivity index (χ4v) is 3.30. The first-order valence-corrected chi connectivity index (χ1v) is 8.60. The fraction of sp³-hybridized carbons (Fsp3) is 0.188. The van der Waals surface area contributed by atoms with Crippen LogP contribution in [0, 0.1) is 13.8 Å². The maximum atomic E-state index is 12.3. The Morgan fingerprint density at radius 3 is 2.91 bits per heavy atom. The molecule has 0 aliphatic rings. The van der Waals surface area contributed by atoms with Gasteiger partial charge in [-0.25, -0.2) is 0 Å². The van der Waals surface area contributed by atoms with Crippen LogP contribution in [0.1, 0.15) is 21.5 Å². The Bertz CT molecular complexity index is 794. The van der Waals surface area contributed by atoms with Crippen molar-refractivity contribution in [2.45, 2.75) is 19.1 Å². The summed E-state index contributed by atoms with van der Waals surface area (Å²) in [4.78, 5) is 13.2. The minimum atomic E-state index is 0.0714. The molecule has 0 unspecified atom stereocenters. The molecule has 0 spiro atoms. The molecular weight excluding hydrogens is 316 g/mol. The van der Waals surface area contributed by atoms with E-state index in [1.165, 1.54) is 11.8 Å². The second-order valence-corrected chi connectivity index (χ2v) is 6.75. The molecule has 112 valence electrons. The SMILES string of the molecule is Cc1ccc(C)c(C(=O)CSc2nnc(-c3cccs3)o2)c1. The van der Waals surface area contributed by atoms with E-state index in [0.717, 1.165) is 21.6 Å². The van der Waals surface area contributed by atoms with Crippen molar-refractivity contribution in [3.05, 3.63) is 52.4 Å². The van der Waals surface area contributed by atoms with Crippen molar-refractivity contribution in [2.75, 3.05) is 5.75 Å². The molecule has 2 heterocycles. The highest BCUT2D eigenvalue weighted by Crippen LogP contribution is 2.27. The monoisotopic (exact) mass is 330 g/mol. The summed E-state index contributed by atoms with van der Waals surface area (Å²) in [6, 6.07) is 9.75. The molecule has 0 aliphatic heterocycles. The lowest BCUT2D eigenvalue weighted by Crippen LogP contribution is -2.05. The molecule has 2 aromatic heterocycles. The first-order chi connectivity index (χ1) is 10.6. The van der Waals surface area contributed by atoms with E-state index in [1.54, 1.807) is 11.3 Å². The van der Waals surface area contributed by atoms with E-state index in [2.05, 4.69) is 10.2 Å². The van der Waals surface area contributed by atoms with Gasteiger partial charge in [-0.1, -0.05) is 35.5 Å². The number of carbonyl (C=O) groups is 1. The Kier molecular flexibility index (Phi) is 4.40. The van der Waals surface area contributed by atoms with Crippen LogP contribution in [0.2, 0.25) is 0 Å². The van der Waals surface area contributed by atoms with Crippen molar-refractivity contribution in [2.24, 2.45) is 0 Å². The molecule has 3 rings (SSSR count). The van der Waals surface area contributed by atoms with Gasteiger partial charge in [0, 0.05) is 5.56 Å². The highest BCUT2D eigenvalue weighted by molar-refractivity contribution is 7.99. The van der Waals surface area contributed by atoms with Crippen LogP contribution < -0.4 is 0 Å². The third-order valence-electron chi connectivity index (χ3n) is 3.16. The first kappa shape index (κ1) is 15.0. The van der Waals surface area contributed by atoms with Crippen LogP contribution in [0.25, 0.3) is 10.8 Å². The maximum Gasteiger partial charge on any atom is 0.277 e. The van der Waals surface area contributed by atoms with Crippen molar-refractivity contribution in [3.63, 3.8) is 0 Å². The molecule has 0 saturated heterocycles. The van der Waals surface area contributed by atoms with Gasteiger partial charge in [-0.15, -0.1) is 21.5 Å². The molecule has 0 aliphatic carbocycles. The summed E-state index contributed by atoms with van der Waals surface area (Å²) in [5, 5.41) is 10.4. The molecule has 3 aromatic rings. The fourth-order valence-electron chi connectivity index (χ4n) is 2.01. The molecule has 6 heteroatoms. The summed E-state index contributed by atoms with van der Waals surface area (Å²) < 4.78 is 5.57. The molecule has 0 fully saturated rings. The van der Waals surface area contributed by atoms with Crippen molar-refractivity contribution in [1.82, 2.24) is 10.2 Å². The zero-order valence-corrected chi connectivity index (χ0v) is 13.8. The maximum absolute atomic E-state index is 12.3. The molecular formula is C16H14N2O2S2. The van der Waals surface area contributed by atoms with E-state index in [0.29, 0.717) is 11.1 Å². The van der Waals surface area contributed by atoms with E-state index in [9.17, 15) is 4.79 Å². The highest BCUT2D eigenvalue weighted by Gasteiger charge is 2.14. The number of hydrogen-bond acceptors (Lipinski definition) is 6. The van der Waals surface area contributed by atoms with Crippen LogP contribution >= 0.6 is 23.1 Å². The van der Waals surface area contributed by atoms with Gasteiger partial charge in [0.15, 0.2) is 5.78 Å². The third-order valence-corrected chi connectivity index (χ3v) is 4.83. The topological polar surface area (TPSA) is 56.0 Å². The minimum Gasteiger partial charge on any atom is -0.410 e. The Hall–Kier alpha value is -1.92. The number of thiophene rings is 1. The summed E-state index contributed by atoms with van der Waals surface area (Å²) >= 11 is 2.81. The number of benzene rings is 1. The molecule has 0 amide bonds. The van der Waals surface area contributed by atoms with Crippen molar-refractivity contribution in [3.8, 4) is 10.8 Å². The van der Waals surface area contributed by atoms with Gasteiger partial charge in [0.1, 0.15) is 0 Å². The van der Waals surface area contributed by atoms with E-state index < -0.39 is 0 Å². The van der Waals surface area contributed by atoms with Crippen LogP contribution in [0.5, 0.6) is 0 Å². The van der Waals surface area contributed by atoms with Crippen LogP contribution in [-0.4, -0.2) is 21.7 Å². The number of Topliss-reactive ketones (excluding diaryl/α,β-unsaturated/α-hetero) is 1. The largest absolute Gasteiger partial charge is 0.410 e. The van der Waals surface area contributed by atoms with Gasteiger partial charge in [0.25, 0.3) is 11.1 Å². The van der Waals surface area contributed by atoms with Gasteiger partial charge in [-0.3, -0.25) is 4.79 Å². The van der Waals surface area contributed by atoms with Crippen LogP contribution in [0.3, 0.4) is 0 Å². The molecule has 0 saturated carbocycles. The standard InChI is InChI=1S/C16H14N2O2S2/c1-10-5-6-11(2)12(8-10)13(19)9-22-16-18-17-15(20-16)14-4-3-7-21-14/h3-8H,9H2,1-2H3. The van der Waals surface area contributed by atoms with E-state index >= 15 is 0 Å². The van der Waals surface area contributed by atoms with E-state index in [-0.39, 0.29) is 11.5 Å². The molecule has 0 radical (unpaired) electrons. The second kappa shape index (κ2) is 6.46. The lowest BCUT2D eigenvalue weighted by molar-refractivity contribution is 0.102. The van der Waals surface area contributed by atoms with Gasteiger partial charge < -0.3 is 4.42 Å². The number of thioether (sulfide) groups is 1. The van der Waals surface area contributed by atoms with Gasteiger partial charge >= 0.3 is 0 Å². The minimum absolute atomic E-state index is 0.0714. The molecule has 0 bridgehead atoms. The average Bonchev–Trinajstić information content (AvgIpc) is 3.17. The van der Waals surface area contributed by atoms with Crippen molar-refractivity contribution in [1.29, 1.82) is 0 Å². The molecule has 1 aromatic carbocycles. The Balaban J connectivity index is 1.67. The smallest absolute Gasteiger partial charge is 0.277 e. The average molecular weight is 330 g/mol. The lowest BCUT2D eigenvalue weighted by atomic mass is 10.0. The zero-order valence-electron chi connectivity index (χ0n) is 12.2. The number of rotatable bonds is 5. The van der Waals surface area contributed by atoms with Crippen LogP contribution in [-0.2, 0) is 0 Å². The summed E-state index contributed by atoms with van der Waals surface area (Å²) in [5.41, 5.74) is 2.82. The van der Waals surface area contributed by atoms with E-state index in [4.69, 9.17) is 4.42 Å². The van der Waals surface area contributed by atoms with Gasteiger partial charge in [-0.2, -0.15) is 0 Å². The Morgan fingerprint density at radius 1 is 1.27 bits per heavy atom. The lowest BCUT2D eigenvalue weighted by Gasteiger charge is -2.04. The number of ketones is 1. The van der Waals surface area contributed by atoms with Crippen LogP contribution in [0.4, 0.5) is 0 Å². The number of hydrogen-bond donors (Lipinski definition) is 0. The quantitative estimate of drug-likeness (QED) is 0.513. The molecule has 4 nitrogen and oxygen atoms in total. The van der Waals surface area contributed by atoms with Gasteiger partial charge in [0.05, 0.1) is 10.6 Å². The number of aromatic nitrogens is 2. The normalized spacial score (nSPS) is 10.8. The van der Waals surface area contributed by atoms with Crippen LogP contribution in [0.15, 0.2) is 45.4 Å². The van der Waals surface area contributed by atoms with Crippen molar-refractivity contribution >= 4 is 28.9 Å². The van der Waals surface area contributed by atoms with Gasteiger partial charge in [-0.05, 0) is 36.9 Å².